The fourth-order valence-corrected chi connectivity index (χ4v) is 4.49. The Morgan fingerprint density at radius 1 is 1.33 bits per heavy atom. The highest BCUT2D eigenvalue weighted by molar-refractivity contribution is 7.17. The number of imidazole rings is 1. The Kier molecular flexibility index (Phi) is 4.14. The van der Waals surface area contributed by atoms with Crippen LogP contribution < -0.4 is 5.32 Å². The van der Waals surface area contributed by atoms with Gasteiger partial charge in [0.05, 0.1) is 11.4 Å². The van der Waals surface area contributed by atoms with Crippen molar-refractivity contribution < 1.29 is 0 Å². The zero-order valence-electron chi connectivity index (χ0n) is 14.5. The average molecular weight is 344 g/mol. The molecule has 1 aliphatic rings. The van der Waals surface area contributed by atoms with E-state index in [1.165, 1.54) is 17.0 Å². The van der Waals surface area contributed by atoms with Crippen molar-refractivity contribution in [2.45, 2.75) is 53.1 Å². The maximum absolute atomic E-state index is 4.67. The first-order chi connectivity index (χ1) is 11.7. The molecule has 1 N–H and O–H groups in total. The second-order valence-corrected chi connectivity index (χ2v) is 7.88. The molecule has 128 valence electrons. The van der Waals surface area contributed by atoms with Crippen LogP contribution in [0.3, 0.4) is 0 Å². The van der Waals surface area contributed by atoms with Crippen LogP contribution in [-0.4, -0.2) is 30.7 Å². The predicted molar refractivity (Wildman–Crippen MR) is 95.5 cm³/mol. The molecule has 24 heavy (non-hydrogen) atoms. The second kappa shape index (κ2) is 6.29. The van der Waals surface area contributed by atoms with Gasteiger partial charge in [0.15, 0.2) is 4.96 Å². The normalized spacial score (nSPS) is 17.5. The smallest absolute Gasteiger partial charge is 0.194 e. The number of fused-ring (bicyclic) bond motifs is 2. The molecule has 1 unspecified atom stereocenters. The number of hydrogen-bond acceptors (Lipinski definition) is 5. The van der Waals surface area contributed by atoms with Crippen LogP contribution in [0.1, 0.15) is 41.3 Å². The minimum atomic E-state index is 0.645. The highest BCUT2D eigenvalue weighted by atomic mass is 32.1. The summed E-state index contributed by atoms with van der Waals surface area (Å²) in [5, 5.41) is 12.3. The monoisotopic (exact) mass is 344 g/mol. The lowest BCUT2D eigenvalue weighted by atomic mass is 9.99. The SMILES string of the molecule is CCc1nnc2n1CC(CNCc1c(C)nc3sc(C)cn13)CC2. The molecule has 1 aliphatic heterocycles. The summed E-state index contributed by atoms with van der Waals surface area (Å²) in [4.78, 5) is 7.07. The lowest BCUT2D eigenvalue weighted by Gasteiger charge is -2.24. The average Bonchev–Trinajstić information content (AvgIpc) is 3.20. The van der Waals surface area contributed by atoms with Crippen molar-refractivity contribution in [3.05, 3.63) is 34.1 Å². The van der Waals surface area contributed by atoms with Gasteiger partial charge in [0.2, 0.25) is 0 Å². The maximum Gasteiger partial charge on any atom is 0.194 e. The fourth-order valence-electron chi connectivity index (χ4n) is 3.60. The van der Waals surface area contributed by atoms with Crippen molar-refractivity contribution in [2.24, 2.45) is 5.92 Å². The van der Waals surface area contributed by atoms with Gasteiger partial charge < -0.3 is 9.88 Å². The van der Waals surface area contributed by atoms with Crippen LogP contribution in [0.2, 0.25) is 0 Å². The number of nitrogens with one attached hydrogen (secondary N) is 1. The molecule has 0 amide bonds. The quantitative estimate of drug-likeness (QED) is 0.773. The third kappa shape index (κ3) is 2.75. The van der Waals surface area contributed by atoms with Crippen molar-refractivity contribution in [3.63, 3.8) is 0 Å². The van der Waals surface area contributed by atoms with E-state index in [0.29, 0.717) is 5.92 Å². The Balaban J connectivity index is 1.40. The zero-order chi connectivity index (χ0) is 16.7. The van der Waals surface area contributed by atoms with Gasteiger partial charge in [-0.15, -0.1) is 21.5 Å². The Hall–Kier alpha value is -1.73. The summed E-state index contributed by atoms with van der Waals surface area (Å²) in [5.41, 5.74) is 2.41. The Bertz CT molecular complexity index is 845. The van der Waals surface area contributed by atoms with Crippen molar-refractivity contribution >= 4 is 16.3 Å². The first-order valence-corrected chi connectivity index (χ1v) is 9.53. The second-order valence-electron chi connectivity index (χ2n) is 6.67. The summed E-state index contributed by atoms with van der Waals surface area (Å²) in [6, 6.07) is 0. The lowest BCUT2D eigenvalue weighted by Crippen LogP contribution is -2.31. The van der Waals surface area contributed by atoms with E-state index in [-0.39, 0.29) is 0 Å². The Labute approximate surface area is 145 Å². The van der Waals surface area contributed by atoms with Crippen LogP contribution >= 0.6 is 11.3 Å². The van der Waals surface area contributed by atoms with Gasteiger partial charge in [-0.25, -0.2) is 4.98 Å². The molecular weight excluding hydrogens is 320 g/mol. The summed E-state index contributed by atoms with van der Waals surface area (Å²) < 4.78 is 4.55. The van der Waals surface area contributed by atoms with E-state index in [4.69, 9.17) is 0 Å². The molecule has 6 nitrogen and oxygen atoms in total. The minimum absolute atomic E-state index is 0.645. The summed E-state index contributed by atoms with van der Waals surface area (Å²) >= 11 is 1.75. The van der Waals surface area contributed by atoms with Gasteiger partial charge in [-0.2, -0.15) is 0 Å². The highest BCUT2D eigenvalue weighted by Gasteiger charge is 2.22. The van der Waals surface area contributed by atoms with Crippen molar-refractivity contribution in [1.82, 2.24) is 29.5 Å². The van der Waals surface area contributed by atoms with Gasteiger partial charge in [-0.05, 0) is 26.2 Å². The number of aryl methyl sites for hydroxylation is 4. The van der Waals surface area contributed by atoms with Gasteiger partial charge in [0.1, 0.15) is 11.6 Å². The van der Waals surface area contributed by atoms with E-state index in [0.717, 1.165) is 54.8 Å². The lowest BCUT2D eigenvalue weighted by molar-refractivity contribution is 0.342. The van der Waals surface area contributed by atoms with E-state index >= 15 is 0 Å². The van der Waals surface area contributed by atoms with Crippen molar-refractivity contribution in [3.8, 4) is 0 Å². The molecule has 0 fully saturated rings. The molecule has 4 heterocycles. The zero-order valence-corrected chi connectivity index (χ0v) is 15.4. The van der Waals surface area contributed by atoms with Crippen molar-refractivity contribution in [2.75, 3.05) is 6.54 Å². The standard InChI is InChI=1S/C17H24N6S/c1-4-15-20-21-16-6-5-13(10-23(15)16)7-18-8-14-12(3)19-17-22(14)9-11(2)24-17/h9,13,18H,4-8,10H2,1-3H3. The summed E-state index contributed by atoms with van der Waals surface area (Å²) in [6.45, 7) is 9.32. The molecule has 7 heteroatoms. The molecular formula is C17H24N6S. The Morgan fingerprint density at radius 2 is 2.21 bits per heavy atom. The van der Waals surface area contributed by atoms with Gasteiger partial charge in [0, 0.05) is 43.5 Å². The molecule has 0 saturated carbocycles. The van der Waals surface area contributed by atoms with E-state index in [1.54, 1.807) is 11.3 Å². The van der Waals surface area contributed by atoms with Crippen molar-refractivity contribution in [1.29, 1.82) is 0 Å². The van der Waals surface area contributed by atoms with E-state index in [1.807, 2.05) is 0 Å². The van der Waals surface area contributed by atoms with Gasteiger partial charge in [-0.1, -0.05) is 6.92 Å². The maximum atomic E-state index is 4.67. The molecule has 0 saturated heterocycles. The third-order valence-electron chi connectivity index (χ3n) is 4.90. The molecule has 0 radical (unpaired) electrons. The van der Waals surface area contributed by atoms with Crippen LogP contribution in [0.4, 0.5) is 0 Å². The molecule has 0 aromatic carbocycles. The van der Waals surface area contributed by atoms with Crippen LogP contribution in [0, 0.1) is 19.8 Å². The molecule has 1 atom stereocenters. The van der Waals surface area contributed by atoms with Gasteiger partial charge in [0.25, 0.3) is 0 Å². The minimum Gasteiger partial charge on any atom is -0.315 e. The largest absolute Gasteiger partial charge is 0.315 e. The first kappa shape index (κ1) is 15.8. The van der Waals surface area contributed by atoms with Crippen LogP contribution in [0.15, 0.2) is 6.20 Å². The number of hydrogen-bond donors (Lipinski definition) is 1. The molecule has 0 bridgehead atoms. The van der Waals surface area contributed by atoms with Gasteiger partial charge in [-0.3, -0.25) is 4.40 Å². The third-order valence-corrected chi connectivity index (χ3v) is 5.80. The van der Waals surface area contributed by atoms with E-state index in [2.05, 4.69) is 56.4 Å². The summed E-state index contributed by atoms with van der Waals surface area (Å²) in [5.74, 6) is 2.92. The van der Waals surface area contributed by atoms with Crippen LogP contribution in [0.5, 0.6) is 0 Å². The van der Waals surface area contributed by atoms with E-state index < -0.39 is 0 Å². The van der Waals surface area contributed by atoms with E-state index in [9.17, 15) is 0 Å². The molecule has 3 aromatic rings. The Morgan fingerprint density at radius 3 is 3.04 bits per heavy atom. The van der Waals surface area contributed by atoms with Crippen LogP contribution in [-0.2, 0) is 25.9 Å². The summed E-state index contributed by atoms with van der Waals surface area (Å²) in [7, 11) is 0. The van der Waals surface area contributed by atoms with Crippen LogP contribution in [0.25, 0.3) is 4.96 Å². The number of nitrogens with zero attached hydrogens (tertiary/aromatic N) is 5. The number of thiazole rings is 1. The molecule has 0 aliphatic carbocycles. The summed E-state index contributed by atoms with van der Waals surface area (Å²) in [6.07, 6.45) is 5.37. The predicted octanol–water partition coefficient (Wildman–Crippen LogP) is 2.52. The first-order valence-electron chi connectivity index (χ1n) is 8.71. The topological polar surface area (TPSA) is 60.0 Å². The number of rotatable bonds is 5. The highest BCUT2D eigenvalue weighted by Crippen LogP contribution is 2.22. The number of aromatic nitrogens is 5. The molecule has 3 aromatic heterocycles. The molecule has 4 rings (SSSR count). The fraction of sp³-hybridized carbons (Fsp3) is 0.588. The molecule has 0 spiro atoms. The van der Waals surface area contributed by atoms with Gasteiger partial charge >= 0.3 is 0 Å².